The number of nitrogens with one attached hydrogen (secondary N) is 1. The van der Waals surface area contributed by atoms with Crippen LogP contribution < -0.4 is 9.62 Å². The van der Waals surface area contributed by atoms with E-state index in [1.807, 2.05) is 19.1 Å². The van der Waals surface area contributed by atoms with Crippen LogP contribution in [-0.4, -0.2) is 44.3 Å². The predicted molar refractivity (Wildman–Crippen MR) is 142 cm³/mol. The van der Waals surface area contributed by atoms with Crippen LogP contribution in [0.4, 0.5) is 18.9 Å². The van der Waals surface area contributed by atoms with E-state index >= 15 is 0 Å². The van der Waals surface area contributed by atoms with Gasteiger partial charge in [0.2, 0.25) is 11.8 Å². The maximum absolute atomic E-state index is 13.7. The lowest BCUT2D eigenvalue weighted by atomic mass is 10.1. The first kappa shape index (κ1) is 29.7. The molecule has 39 heavy (non-hydrogen) atoms. The second-order valence-electron chi connectivity index (χ2n) is 8.95. The summed E-state index contributed by atoms with van der Waals surface area (Å²) >= 11 is 0. The highest BCUT2D eigenvalue weighted by molar-refractivity contribution is 7.92. The number of sulfonamides is 1. The van der Waals surface area contributed by atoms with Crippen molar-refractivity contribution in [2.45, 2.75) is 44.4 Å². The molecule has 1 atom stereocenters. The third kappa shape index (κ3) is 7.38. The topological polar surface area (TPSA) is 86.8 Å². The number of amides is 2. The van der Waals surface area contributed by atoms with Gasteiger partial charge in [-0.15, -0.1) is 0 Å². The molecule has 0 saturated heterocycles. The quantitative estimate of drug-likeness (QED) is 0.387. The van der Waals surface area contributed by atoms with E-state index in [0.29, 0.717) is 22.5 Å². The molecule has 0 saturated carbocycles. The van der Waals surface area contributed by atoms with Crippen molar-refractivity contribution >= 4 is 27.5 Å². The van der Waals surface area contributed by atoms with Gasteiger partial charge >= 0.3 is 6.18 Å². The van der Waals surface area contributed by atoms with Gasteiger partial charge in [0.15, 0.2) is 0 Å². The smallest absolute Gasteiger partial charge is 0.355 e. The van der Waals surface area contributed by atoms with E-state index in [4.69, 9.17) is 0 Å². The monoisotopic (exact) mass is 561 g/mol. The van der Waals surface area contributed by atoms with Crippen LogP contribution in [0.5, 0.6) is 0 Å². The van der Waals surface area contributed by atoms with Crippen molar-refractivity contribution < 1.29 is 31.2 Å². The number of rotatable bonds is 10. The minimum absolute atomic E-state index is 0.0133. The van der Waals surface area contributed by atoms with Gasteiger partial charge < -0.3 is 10.2 Å². The highest BCUT2D eigenvalue weighted by atomic mass is 32.2. The Morgan fingerprint density at radius 1 is 0.949 bits per heavy atom. The molecule has 7 nitrogen and oxygen atoms in total. The number of carbonyl (C=O) groups is 2. The molecular formula is C28H30F3N3O4S. The van der Waals surface area contributed by atoms with E-state index in [-0.39, 0.29) is 17.1 Å². The fourth-order valence-corrected chi connectivity index (χ4v) is 5.42. The molecule has 0 aliphatic heterocycles. The van der Waals surface area contributed by atoms with Crippen molar-refractivity contribution in [2.75, 3.05) is 17.4 Å². The summed E-state index contributed by atoms with van der Waals surface area (Å²) in [7, 11) is -4.46. The van der Waals surface area contributed by atoms with Crippen molar-refractivity contribution in [1.29, 1.82) is 0 Å². The van der Waals surface area contributed by atoms with Gasteiger partial charge in [-0.05, 0) is 56.7 Å². The van der Waals surface area contributed by atoms with Crippen LogP contribution in [0.1, 0.15) is 30.5 Å². The Hall–Kier alpha value is -3.86. The van der Waals surface area contributed by atoms with Gasteiger partial charge in [-0.1, -0.05) is 54.1 Å². The third-order valence-corrected chi connectivity index (χ3v) is 7.81. The van der Waals surface area contributed by atoms with Gasteiger partial charge in [-0.2, -0.15) is 13.2 Å². The molecule has 208 valence electrons. The van der Waals surface area contributed by atoms with Gasteiger partial charge in [0.1, 0.15) is 12.6 Å². The summed E-state index contributed by atoms with van der Waals surface area (Å²) in [5.74, 6) is -1.21. The van der Waals surface area contributed by atoms with Crippen LogP contribution in [0.25, 0.3) is 0 Å². The molecule has 0 radical (unpaired) electrons. The van der Waals surface area contributed by atoms with Gasteiger partial charge in [-0.25, -0.2) is 8.42 Å². The predicted octanol–water partition coefficient (Wildman–Crippen LogP) is 4.76. The van der Waals surface area contributed by atoms with Crippen LogP contribution in [0, 0.1) is 6.92 Å². The molecular weight excluding hydrogens is 531 g/mol. The van der Waals surface area contributed by atoms with Gasteiger partial charge in [0, 0.05) is 13.1 Å². The summed E-state index contributed by atoms with van der Waals surface area (Å²) in [6.45, 7) is 4.58. The molecule has 3 aromatic carbocycles. The van der Waals surface area contributed by atoms with Crippen molar-refractivity contribution in [3.05, 3.63) is 95.6 Å². The number of likely N-dealkylation sites (N-methyl/N-ethyl adjacent to an activating group) is 1. The zero-order chi connectivity index (χ0) is 28.8. The summed E-state index contributed by atoms with van der Waals surface area (Å²) < 4.78 is 68.4. The second-order valence-corrected chi connectivity index (χ2v) is 10.8. The summed E-state index contributed by atoms with van der Waals surface area (Å²) in [5, 5.41) is 2.65. The SMILES string of the molecule is CCNC(=O)[C@@H](C)N(Cc1cccc(C)c1)C(=O)CN(c1cccc(C(F)(F)F)c1)S(=O)(=O)c1ccccc1. The largest absolute Gasteiger partial charge is 0.416 e. The molecule has 0 aliphatic rings. The highest BCUT2D eigenvalue weighted by Gasteiger charge is 2.35. The van der Waals surface area contributed by atoms with Gasteiger partial charge in [0.25, 0.3) is 10.0 Å². The van der Waals surface area contributed by atoms with Crippen molar-refractivity contribution in [3.63, 3.8) is 0 Å². The molecule has 0 heterocycles. The Balaban J connectivity index is 2.08. The molecule has 0 unspecified atom stereocenters. The number of benzene rings is 3. The first-order chi connectivity index (χ1) is 18.3. The average Bonchev–Trinajstić information content (AvgIpc) is 2.90. The number of nitrogens with zero attached hydrogens (tertiary/aromatic N) is 2. The van der Waals surface area contributed by atoms with Crippen LogP contribution in [0.2, 0.25) is 0 Å². The number of hydrogen-bond acceptors (Lipinski definition) is 4. The number of hydrogen-bond donors (Lipinski definition) is 1. The maximum Gasteiger partial charge on any atom is 0.416 e. The number of halogens is 3. The fraction of sp³-hybridized carbons (Fsp3) is 0.286. The molecule has 0 spiro atoms. The Morgan fingerprint density at radius 3 is 2.23 bits per heavy atom. The molecule has 0 aromatic heterocycles. The lowest BCUT2D eigenvalue weighted by Gasteiger charge is -2.32. The molecule has 2 amide bonds. The summed E-state index contributed by atoms with van der Waals surface area (Å²) in [5.41, 5.74) is 0.232. The molecule has 11 heteroatoms. The van der Waals surface area contributed by atoms with Crippen molar-refractivity contribution in [1.82, 2.24) is 10.2 Å². The number of aryl methyl sites for hydroxylation is 1. The van der Waals surface area contributed by atoms with E-state index in [2.05, 4.69) is 5.32 Å². The standard InChI is InChI=1S/C28H30F3N3O4S/c1-4-32-27(36)21(3)33(18-22-11-8-10-20(2)16-22)26(35)19-34(39(37,38)25-14-6-5-7-15-25)24-13-9-12-23(17-24)28(29,30)31/h5-17,21H,4,18-19H2,1-3H3,(H,32,36)/t21-/m1/s1. The Labute approximate surface area is 226 Å². The highest BCUT2D eigenvalue weighted by Crippen LogP contribution is 2.33. The Bertz CT molecular complexity index is 1410. The third-order valence-electron chi connectivity index (χ3n) is 6.03. The van der Waals surface area contributed by atoms with E-state index in [0.717, 1.165) is 17.7 Å². The fourth-order valence-electron chi connectivity index (χ4n) is 4.00. The zero-order valence-electron chi connectivity index (χ0n) is 21.8. The molecule has 3 rings (SSSR count). The van der Waals surface area contributed by atoms with Gasteiger partial charge in [-0.3, -0.25) is 13.9 Å². The summed E-state index contributed by atoms with van der Waals surface area (Å²) in [4.78, 5) is 27.5. The first-order valence-electron chi connectivity index (χ1n) is 12.2. The van der Waals surface area contributed by atoms with E-state index in [1.165, 1.54) is 42.2 Å². The van der Waals surface area contributed by atoms with E-state index in [9.17, 15) is 31.2 Å². The minimum Gasteiger partial charge on any atom is -0.355 e. The number of anilines is 1. The van der Waals surface area contributed by atoms with Crippen LogP contribution in [-0.2, 0) is 32.3 Å². The lowest BCUT2D eigenvalue weighted by Crippen LogP contribution is -2.51. The maximum atomic E-state index is 13.7. The van der Waals surface area contributed by atoms with Crippen LogP contribution in [0.15, 0.2) is 83.8 Å². The lowest BCUT2D eigenvalue weighted by molar-refractivity contribution is -0.139. The normalized spacial score (nSPS) is 12.5. The number of alkyl halides is 3. The van der Waals surface area contributed by atoms with Crippen molar-refractivity contribution in [2.24, 2.45) is 0 Å². The molecule has 3 aromatic rings. The van der Waals surface area contributed by atoms with Crippen LogP contribution >= 0.6 is 0 Å². The van der Waals surface area contributed by atoms with Gasteiger partial charge in [0.05, 0.1) is 16.1 Å². The molecule has 0 fully saturated rings. The number of carbonyl (C=O) groups excluding carboxylic acids is 2. The Morgan fingerprint density at radius 2 is 1.62 bits per heavy atom. The van der Waals surface area contributed by atoms with E-state index < -0.39 is 46.2 Å². The first-order valence-corrected chi connectivity index (χ1v) is 13.7. The summed E-state index contributed by atoms with van der Waals surface area (Å²) in [6.07, 6.45) is -4.73. The summed E-state index contributed by atoms with van der Waals surface area (Å²) in [6, 6.07) is 17.2. The molecule has 0 bridgehead atoms. The van der Waals surface area contributed by atoms with Crippen LogP contribution in [0.3, 0.4) is 0 Å². The second kappa shape index (κ2) is 12.3. The Kier molecular flexibility index (Phi) is 9.39. The minimum atomic E-state index is -4.73. The zero-order valence-corrected chi connectivity index (χ0v) is 22.6. The molecule has 1 N–H and O–H groups in total. The van der Waals surface area contributed by atoms with Crippen molar-refractivity contribution in [3.8, 4) is 0 Å². The van der Waals surface area contributed by atoms with E-state index in [1.54, 1.807) is 25.1 Å². The average molecular weight is 562 g/mol. The molecule has 0 aliphatic carbocycles.